The smallest absolute Gasteiger partial charge is 0.0372 e. The predicted molar refractivity (Wildman–Crippen MR) is 95.0 cm³/mol. The first-order valence-electron chi connectivity index (χ1n) is 8.78. The standard InChI is InChI=1S/C20H31N/c1-5-10-17(6-2)19(7-3)20-15-18(12-11-16(20)4)21-13-8-9-14-21/h11-12,15H,5-10,13-14H2,1-4H3/b19-17+. The van der Waals surface area contributed by atoms with Crippen LogP contribution in [0.25, 0.3) is 5.57 Å². The summed E-state index contributed by atoms with van der Waals surface area (Å²) in [5.41, 5.74) is 7.59. The lowest BCUT2D eigenvalue weighted by Gasteiger charge is -2.21. The van der Waals surface area contributed by atoms with Crippen LogP contribution in [0, 0.1) is 6.92 Å². The van der Waals surface area contributed by atoms with E-state index in [0.29, 0.717) is 0 Å². The molecule has 0 spiro atoms. The third kappa shape index (κ3) is 3.70. The van der Waals surface area contributed by atoms with Crippen LogP contribution in [-0.4, -0.2) is 13.1 Å². The zero-order valence-corrected chi connectivity index (χ0v) is 14.3. The Balaban J connectivity index is 2.42. The van der Waals surface area contributed by atoms with Gasteiger partial charge in [-0.2, -0.15) is 0 Å². The molecule has 116 valence electrons. The molecular weight excluding hydrogens is 254 g/mol. The van der Waals surface area contributed by atoms with E-state index in [1.807, 2.05) is 0 Å². The fourth-order valence-corrected chi connectivity index (χ4v) is 3.58. The van der Waals surface area contributed by atoms with Gasteiger partial charge in [0.1, 0.15) is 0 Å². The Kier molecular flexibility index (Phi) is 5.90. The Morgan fingerprint density at radius 2 is 1.76 bits per heavy atom. The van der Waals surface area contributed by atoms with E-state index >= 15 is 0 Å². The second-order valence-corrected chi connectivity index (χ2v) is 6.23. The number of allylic oxidation sites excluding steroid dienone is 2. The molecule has 0 unspecified atom stereocenters. The third-order valence-corrected chi connectivity index (χ3v) is 4.78. The second kappa shape index (κ2) is 7.68. The normalized spacial score (nSPS) is 16.3. The van der Waals surface area contributed by atoms with Crippen molar-refractivity contribution in [3.63, 3.8) is 0 Å². The molecule has 1 heteroatoms. The van der Waals surface area contributed by atoms with Crippen molar-refractivity contribution in [3.8, 4) is 0 Å². The molecule has 0 aromatic heterocycles. The van der Waals surface area contributed by atoms with Gasteiger partial charge in [-0.25, -0.2) is 0 Å². The van der Waals surface area contributed by atoms with E-state index in [1.165, 1.54) is 62.0 Å². The summed E-state index contributed by atoms with van der Waals surface area (Å²) in [6.45, 7) is 11.6. The van der Waals surface area contributed by atoms with Crippen LogP contribution < -0.4 is 4.90 Å². The summed E-state index contributed by atoms with van der Waals surface area (Å²) in [5, 5.41) is 0. The number of benzene rings is 1. The molecule has 0 atom stereocenters. The molecule has 0 aliphatic carbocycles. The Hall–Kier alpha value is -1.24. The first-order valence-corrected chi connectivity index (χ1v) is 8.78. The van der Waals surface area contributed by atoms with Gasteiger partial charge in [-0.15, -0.1) is 0 Å². The van der Waals surface area contributed by atoms with Gasteiger partial charge >= 0.3 is 0 Å². The molecular formula is C20H31N. The molecule has 0 saturated carbocycles. The molecule has 0 amide bonds. The van der Waals surface area contributed by atoms with Crippen molar-refractivity contribution >= 4 is 11.3 Å². The maximum Gasteiger partial charge on any atom is 0.0372 e. The van der Waals surface area contributed by atoms with Gasteiger partial charge < -0.3 is 4.90 Å². The van der Waals surface area contributed by atoms with Gasteiger partial charge in [0.05, 0.1) is 0 Å². The molecule has 1 aromatic rings. The monoisotopic (exact) mass is 285 g/mol. The summed E-state index contributed by atoms with van der Waals surface area (Å²) >= 11 is 0. The van der Waals surface area contributed by atoms with Crippen molar-refractivity contribution in [2.75, 3.05) is 18.0 Å². The van der Waals surface area contributed by atoms with Gasteiger partial charge in [0, 0.05) is 18.8 Å². The van der Waals surface area contributed by atoms with Gasteiger partial charge in [0.15, 0.2) is 0 Å². The van der Waals surface area contributed by atoms with Crippen molar-refractivity contribution < 1.29 is 0 Å². The third-order valence-electron chi connectivity index (χ3n) is 4.78. The van der Waals surface area contributed by atoms with Gasteiger partial charge in [0.2, 0.25) is 0 Å². The minimum Gasteiger partial charge on any atom is -0.372 e. The molecule has 21 heavy (non-hydrogen) atoms. The fourth-order valence-electron chi connectivity index (χ4n) is 3.58. The van der Waals surface area contributed by atoms with E-state index in [1.54, 1.807) is 11.1 Å². The average molecular weight is 285 g/mol. The molecule has 1 nitrogen and oxygen atoms in total. The molecule has 0 N–H and O–H groups in total. The first kappa shape index (κ1) is 16.1. The van der Waals surface area contributed by atoms with E-state index in [4.69, 9.17) is 0 Å². The summed E-state index contributed by atoms with van der Waals surface area (Å²) in [7, 11) is 0. The number of aryl methyl sites for hydroxylation is 1. The average Bonchev–Trinajstić information content (AvgIpc) is 3.03. The fraction of sp³-hybridized carbons (Fsp3) is 0.600. The molecule has 1 aliphatic heterocycles. The SMILES string of the molecule is CCC/C(CC)=C(\CC)c1cc(N2CCCC2)ccc1C. The number of rotatable bonds is 6. The molecule has 1 fully saturated rings. The van der Waals surface area contributed by atoms with Crippen molar-refractivity contribution in [1.82, 2.24) is 0 Å². The van der Waals surface area contributed by atoms with Crippen molar-refractivity contribution in [1.29, 1.82) is 0 Å². The highest BCUT2D eigenvalue weighted by Gasteiger charge is 2.15. The highest BCUT2D eigenvalue weighted by Crippen LogP contribution is 2.32. The summed E-state index contributed by atoms with van der Waals surface area (Å²) < 4.78 is 0. The lowest BCUT2D eigenvalue weighted by atomic mass is 9.90. The van der Waals surface area contributed by atoms with Crippen LogP contribution in [0.1, 0.15) is 70.4 Å². The summed E-state index contributed by atoms with van der Waals surface area (Å²) in [6.07, 6.45) is 7.51. The van der Waals surface area contributed by atoms with Gasteiger partial charge in [-0.05, 0) is 67.9 Å². The number of hydrogen-bond donors (Lipinski definition) is 0. The highest BCUT2D eigenvalue weighted by atomic mass is 15.1. The van der Waals surface area contributed by atoms with E-state index in [-0.39, 0.29) is 0 Å². The Labute approximate surface area is 131 Å². The highest BCUT2D eigenvalue weighted by molar-refractivity contribution is 5.74. The van der Waals surface area contributed by atoms with Crippen LogP contribution in [0.15, 0.2) is 23.8 Å². The van der Waals surface area contributed by atoms with Crippen LogP contribution in [0.2, 0.25) is 0 Å². The summed E-state index contributed by atoms with van der Waals surface area (Å²) in [4.78, 5) is 2.54. The van der Waals surface area contributed by atoms with Gasteiger partial charge in [-0.1, -0.05) is 38.8 Å². The van der Waals surface area contributed by atoms with Crippen LogP contribution in [0.4, 0.5) is 5.69 Å². The maximum absolute atomic E-state index is 2.54. The number of hydrogen-bond acceptors (Lipinski definition) is 1. The first-order chi connectivity index (χ1) is 10.2. The maximum atomic E-state index is 2.54. The van der Waals surface area contributed by atoms with Gasteiger partial charge in [0.25, 0.3) is 0 Å². The minimum atomic E-state index is 1.15. The van der Waals surface area contributed by atoms with Crippen molar-refractivity contribution in [2.24, 2.45) is 0 Å². The van der Waals surface area contributed by atoms with E-state index in [0.717, 1.165) is 6.42 Å². The quantitative estimate of drug-likeness (QED) is 0.622. The Morgan fingerprint density at radius 1 is 1.05 bits per heavy atom. The Morgan fingerprint density at radius 3 is 2.33 bits per heavy atom. The lowest BCUT2D eigenvalue weighted by Crippen LogP contribution is -2.17. The zero-order chi connectivity index (χ0) is 15.2. The summed E-state index contributed by atoms with van der Waals surface area (Å²) in [6, 6.07) is 7.07. The van der Waals surface area contributed by atoms with Crippen LogP contribution in [0.3, 0.4) is 0 Å². The van der Waals surface area contributed by atoms with E-state index in [2.05, 4.69) is 50.8 Å². The van der Waals surface area contributed by atoms with Crippen molar-refractivity contribution in [3.05, 3.63) is 34.9 Å². The number of nitrogens with zero attached hydrogens (tertiary/aromatic N) is 1. The van der Waals surface area contributed by atoms with Crippen LogP contribution in [-0.2, 0) is 0 Å². The molecule has 1 aromatic carbocycles. The van der Waals surface area contributed by atoms with E-state index < -0.39 is 0 Å². The zero-order valence-electron chi connectivity index (χ0n) is 14.3. The molecule has 1 aliphatic rings. The van der Waals surface area contributed by atoms with Crippen molar-refractivity contribution in [2.45, 2.75) is 66.2 Å². The van der Waals surface area contributed by atoms with Gasteiger partial charge in [-0.3, -0.25) is 0 Å². The summed E-state index contributed by atoms with van der Waals surface area (Å²) in [5.74, 6) is 0. The lowest BCUT2D eigenvalue weighted by molar-refractivity contribution is 0.854. The second-order valence-electron chi connectivity index (χ2n) is 6.23. The van der Waals surface area contributed by atoms with E-state index in [9.17, 15) is 0 Å². The topological polar surface area (TPSA) is 3.24 Å². The number of anilines is 1. The van der Waals surface area contributed by atoms with Crippen LogP contribution >= 0.6 is 0 Å². The molecule has 1 saturated heterocycles. The van der Waals surface area contributed by atoms with Crippen LogP contribution in [0.5, 0.6) is 0 Å². The molecule has 0 radical (unpaired) electrons. The molecule has 0 bridgehead atoms. The minimum absolute atomic E-state index is 1.15. The predicted octanol–water partition coefficient (Wildman–Crippen LogP) is 5.97. The molecule has 2 rings (SSSR count). The largest absolute Gasteiger partial charge is 0.372 e. The molecule has 1 heterocycles. The Bertz CT molecular complexity index is 493.